The van der Waals surface area contributed by atoms with Crippen molar-refractivity contribution >= 4 is 23.0 Å². The van der Waals surface area contributed by atoms with Gasteiger partial charge in [-0.15, -0.1) is 0 Å². The maximum absolute atomic E-state index is 13.1. The van der Waals surface area contributed by atoms with Crippen LogP contribution in [0.25, 0.3) is 0 Å². The average molecular weight is 441 g/mol. The summed E-state index contributed by atoms with van der Waals surface area (Å²) in [7, 11) is 0. The molecule has 0 bridgehead atoms. The van der Waals surface area contributed by atoms with Gasteiger partial charge >= 0.3 is 6.18 Å². The molecule has 30 heavy (non-hydrogen) atoms. The summed E-state index contributed by atoms with van der Waals surface area (Å²) >= 11 is 5.52. The molecule has 2 N–H and O–H groups in total. The summed E-state index contributed by atoms with van der Waals surface area (Å²) in [5, 5.41) is 6.96. The van der Waals surface area contributed by atoms with Gasteiger partial charge < -0.3 is 10.6 Å². The summed E-state index contributed by atoms with van der Waals surface area (Å²) in [4.78, 5) is 0. The third-order valence-electron chi connectivity index (χ3n) is 6.87. The molecule has 0 aliphatic heterocycles. The van der Waals surface area contributed by atoms with Crippen LogP contribution in [0.5, 0.6) is 0 Å². The third-order valence-corrected chi connectivity index (χ3v) is 7.09. The lowest BCUT2D eigenvalue weighted by atomic mass is 9.82. The standard InChI is InChI=1S/C24H35F3N2S/c1-3-16-13-19(18-9-6-5-7-10-18)14-17(4-2)22(16)29-23(30)28-21-12-8-11-20(15-21)24(25,26)27/h13-14,18,20-21H,3-12,15H2,1-2H3,(H2,28,29,30). The number of rotatable bonds is 5. The van der Waals surface area contributed by atoms with Crippen molar-refractivity contribution in [1.82, 2.24) is 5.32 Å². The highest BCUT2D eigenvalue weighted by Gasteiger charge is 2.42. The second-order valence-corrected chi connectivity index (χ2v) is 9.36. The molecule has 2 saturated carbocycles. The minimum Gasteiger partial charge on any atom is -0.360 e. The monoisotopic (exact) mass is 440 g/mol. The molecule has 1 aromatic carbocycles. The number of hydrogen-bond acceptors (Lipinski definition) is 1. The van der Waals surface area contributed by atoms with Crippen molar-refractivity contribution in [1.29, 1.82) is 0 Å². The first-order valence-electron chi connectivity index (χ1n) is 11.6. The first-order valence-corrected chi connectivity index (χ1v) is 12.0. The molecule has 0 radical (unpaired) electrons. The van der Waals surface area contributed by atoms with Gasteiger partial charge in [0, 0.05) is 11.7 Å². The Bertz CT molecular complexity index is 701. The first kappa shape index (κ1) is 23.4. The molecule has 2 atom stereocenters. The quantitative estimate of drug-likeness (QED) is 0.471. The summed E-state index contributed by atoms with van der Waals surface area (Å²) < 4.78 is 39.3. The lowest BCUT2D eigenvalue weighted by Gasteiger charge is -2.32. The minimum absolute atomic E-state index is 0.104. The van der Waals surface area contributed by atoms with Crippen molar-refractivity contribution in [3.8, 4) is 0 Å². The smallest absolute Gasteiger partial charge is 0.360 e. The highest BCUT2D eigenvalue weighted by molar-refractivity contribution is 7.80. The Morgan fingerprint density at radius 1 is 0.967 bits per heavy atom. The number of anilines is 1. The van der Waals surface area contributed by atoms with Crippen LogP contribution in [0.2, 0.25) is 0 Å². The zero-order chi connectivity index (χ0) is 21.7. The maximum Gasteiger partial charge on any atom is 0.391 e. The van der Waals surface area contributed by atoms with E-state index in [1.165, 1.54) is 48.8 Å². The van der Waals surface area contributed by atoms with E-state index in [-0.39, 0.29) is 18.9 Å². The predicted octanol–water partition coefficient (Wildman–Crippen LogP) is 7.27. The molecular formula is C24H35F3N2S. The van der Waals surface area contributed by atoms with E-state index in [1.54, 1.807) is 0 Å². The van der Waals surface area contributed by atoms with Crippen LogP contribution in [0.3, 0.4) is 0 Å². The molecular weight excluding hydrogens is 405 g/mol. The fourth-order valence-corrected chi connectivity index (χ4v) is 5.41. The Balaban J connectivity index is 1.71. The zero-order valence-electron chi connectivity index (χ0n) is 18.2. The molecule has 0 amide bonds. The molecule has 3 rings (SSSR count). The van der Waals surface area contributed by atoms with Crippen LogP contribution in [0.15, 0.2) is 12.1 Å². The van der Waals surface area contributed by atoms with Gasteiger partial charge in [0.05, 0.1) is 5.92 Å². The zero-order valence-corrected chi connectivity index (χ0v) is 19.0. The number of hydrogen-bond donors (Lipinski definition) is 2. The van der Waals surface area contributed by atoms with E-state index in [4.69, 9.17) is 12.2 Å². The largest absolute Gasteiger partial charge is 0.391 e. The molecule has 2 unspecified atom stereocenters. The molecule has 168 valence electrons. The molecule has 2 fully saturated rings. The van der Waals surface area contributed by atoms with E-state index in [1.807, 2.05) is 0 Å². The highest BCUT2D eigenvalue weighted by Crippen LogP contribution is 2.38. The first-order chi connectivity index (χ1) is 14.3. The van der Waals surface area contributed by atoms with Gasteiger partial charge in [-0.25, -0.2) is 0 Å². The minimum atomic E-state index is -4.12. The van der Waals surface area contributed by atoms with Crippen LogP contribution < -0.4 is 10.6 Å². The van der Waals surface area contributed by atoms with Gasteiger partial charge in [0.2, 0.25) is 0 Å². The van der Waals surface area contributed by atoms with Crippen LogP contribution in [-0.2, 0) is 12.8 Å². The molecule has 2 nitrogen and oxygen atoms in total. The van der Waals surface area contributed by atoms with Crippen LogP contribution in [0.1, 0.15) is 94.2 Å². The Hall–Kier alpha value is -1.30. The molecule has 0 saturated heterocycles. The maximum atomic E-state index is 13.1. The van der Waals surface area contributed by atoms with Crippen molar-refractivity contribution < 1.29 is 13.2 Å². The molecule has 0 heterocycles. The lowest BCUT2D eigenvalue weighted by Crippen LogP contribution is -2.43. The van der Waals surface area contributed by atoms with Crippen LogP contribution >= 0.6 is 12.2 Å². The summed E-state index contributed by atoms with van der Waals surface area (Å²) in [6.45, 7) is 4.30. The topological polar surface area (TPSA) is 24.1 Å². The highest BCUT2D eigenvalue weighted by atomic mass is 32.1. The molecule has 0 spiro atoms. The number of thiocarbonyl (C=S) groups is 1. The molecule has 6 heteroatoms. The summed E-state index contributed by atoms with van der Waals surface area (Å²) in [6.07, 6.45) is 5.82. The fourth-order valence-electron chi connectivity index (χ4n) is 5.14. The lowest BCUT2D eigenvalue weighted by molar-refractivity contribution is -0.183. The predicted molar refractivity (Wildman–Crippen MR) is 122 cm³/mol. The number of benzene rings is 1. The van der Waals surface area contributed by atoms with Gasteiger partial charge in [-0.1, -0.05) is 51.7 Å². The van der Waals surface area contributed by atoms with Gasteiger partial charge in [0.25, 0.3) is 0 Å². The van der Waals surface area contributed by atoms with Crippen molar-refractivity contribution in [3.05, 3.63) is 28.8 Å². The fraction of sp³-hybridized carbons (Fsp3) is 0.708. The van der Waals surface area contributed by atoms with E-state index in [9.17, 15) is 13.2 Å². The average Bonchev–Trinajstić information content (AvgIpc) is 2.74. The second-order valence-electron chi connectivity index (χ2n) is 8.96. The van der Waals surface area contributed by atoms with Gasteiger partial charge in [0.1, 0.15) is 0 Å². The van der Waals surface area contributed by atoms with Crippen molar-refractivity contribution in [2.24, 2.45) is 5.92 Å². The Kier molecular flexibility index (Phi) is 8.05. The number of nitrogens with one attached hydrogen (secondary N) is 2. The molecule has 2 aliphatic carbocycles. The van der Waals surface area contributed by atoms with Crippen molar-refractivity contribution in [2.45, 2.75) is 103 Å². The third kappa shape index (κ3) is 5.89. The SMILES string of the molecule is CCc1cc(C2CCCCC2)cc(CC)c1NC(=S)NC1CCCC(C(F)(F)F)C1. The number of aryl methyl sites for hydroxylation is 2. The van der Waals surface area contributed by atoms with Gasteiger partial charge in [-0.2, -0.15) is 13.2 Å². The summed E-state index contributed by atoms with van der Waals surface area (Å²) in [5.74, 6) is -0.575. The molecule has 0 aromatic heterocycles. The Morgan fingerprint density at radius 2 is 1.60 bits per heavy atom. The van der Waals surface area contributed by atoms with Crippen LogP contribution in [0.4, 0.5) is 18.9 Å². The Morgan fingerprint density at radius 3 is 2.17 bits per heavy atom. The summed E-state index contributed by atoms with van der Waals surface area (Å²) in [5.41, 5.74) is 4.97. The van der Waals surface area contributed by atoms with E-state index >= 15 is 0 Å². The van der Waals surface area contributed by atoms with Gasteiger partial charge in [-0.3, -0.25) is 0 Å². The van der Waals surface area contributed by atoms with Crippen molar-refractivity contribution in [2.75, 3.05) is 5.32 Å². The van der Waals surface area contributed by atoms with E-state index in [0.29, 0.717) is 17.5 Å². The normalized spacial score (nSPS) is 23.2. The van der Waals surface area contributed by atoms with E-state index < -0.39 is 12.1 Å². The summed E-state index contributed by atoms with van der Waals surface area (Å²) in [6, 6.07) is 4.42. The van der Waals surface area contributed by atoms with E-state index in [2.05, 4.69) is 36.6 Å². The Labute approximate surface area is 184 Å². The number of halogens is 3. The molecule has 1 aromatic rings. The van der Waals surface area contributed by atoms with E-state index in [0.717, 1.165) is 24.9 Å². The van der Waals surface area contributed by atoms with Crippen molar-refractivity contribution in [3.63, 3.8) is 0 Å². The van der Waals surface area contributed by atoms with Gasteiger partial charge in [-0.05, 0) is 79.8 Å². The second kappa shape index (κ2) is 10.3. The van der Waals surface area contributed by atoms with Crippen LogP contribution in [0, 0.1) is 5.92 Å². The number of alkyl halides is 3. The van der Waals surface area contributed by atoms with Gasteiger partial charge in [0.15, 0.2) is 5.11 Å². The van der Waals surface area contributed by atoms with Crippen LogP contribution in [-0.4, -0.2) is 17.3 Å². The molecule has 2 aliphatic rings.